The van der Waals surface area contributed by atoms with E-state index in [9.17, 15) is 0 Å². The number of benzene rings is 1. The van der Waals surface area contributed by atoms with Gasteiger partial charge in [0.05, 0.1) is 18.0 Å². The van der Waals surface area contributed by atoms with Crippen molar-refractivity contribution in [1.29, 1.82) is 0 Å². The molecule has 0 N–H and O–H groups in total. The highest BCUT2D eigenvalue weighted by Gasteiger charge is 2.22. The quantitative estimate of drug-likeness (QED) is 0.686. The highest BCUT2D eigenvalue weighted by molar-refractivity contribution is 5.93. The Morgan fingerprint density at radius 2 is 1.89 bits per heavy atom. The molecule has 0 atom stereocenters. The van der Waals surface area contributed by atoms with Crippen molar-refractivity contribution >= 4 is 22.7 Å². The molecule has 0 saturated heterocycles. The van der Waals surface area contributed by atoms with Crippen LogP contribution >= 0.6 is 0 Å². The van der Waals surface area contributed by atoms with Gasteiger partial charge in [0.25, 0.3) is 6.33 Å². The van der Waals surface area contributed by atoms with Gasteiger partial charge in [-0.15, -0.1) is 0 Å². The zero-order valence-corrected chi connectivity index (χ0v) is 15.9. The highest BCUT2D eigenvalue weighted by Crippen LogP contribution is 2.30. The van der Waals surface area contributed by atoms with Gasteiger partial charge in [-0.25, -0.2) is 9.56 Å². The first-order valence-corrected chi connectivity index (χ1v) is 8.94. The molecule has 3 rings (SSSR count). The van der Waals surface area contributed by atoms with Crippen LogP contribution in [0.3, 0.4) is 0 Å². The van der Waals surface area contributed by atoms with Gasteiger partial charge in [0.1, 0.15) is 11.5 Å². The lowest BCUT2D eigenvalue weighted by molar-refractivity contribution is -0.675. The molecule has 0 radical (unpaired) electrons. The first-order chi connectivity index (χ1) is 13.1. The fourth-order valence-electron chi connectivity index (χ4n) is 3.07. The molecule has 0 spiro atoms. The molecule has 0 bridgehead atoms. The molecule has 0 amide bonds. The number of aromatic nitrogens is 2. The minimum atomic E-state index is 0.305. The molecule has 1 aromatic heterocycles. The van der Waals surface area contributed by atoms with Gasteiger partial charge in [-0.05, 0) is 55.1 Å². The van der Waals surface area contributed by atoms with E-state index in [1.54, 1.807) is 6.21 Å². The average Bonchev–Trinajstić information content (AvgIpc) is 2.66. The lowest BCUT2D eigenvalue weighted by Crippen LogP contribution is -2.34. The summed E-state index contributed by atoms with van der Waals surface area (Å²) in [5.74, 6) is 0.814. The topological polar surface area (TPSA) is 38.4 Å². The van der Waals surface area contributed by atoms with Gasteiger partial charge in [0.2, 0.25) is 5.88 Å². The standard InChI is InChI=1S/C23H24N3O/c1-17-12-8-6-5-7-11-15-24-19(3)27-18(2)22(17)23-20-13-9-10-14-21(20)25-16-26(23)4/h7-16H,2-3,5-6H2,1,4H3/q+1/b11-7-,12-8-,22-17+,24-15?. The van der Waals surface area contributed by atoms with Crippen LogP contribution in [0.4, 0.5) is 0 Å². The third-order valence-electron chi connectivity index (χ3n) is 4.34. The summed E-state index contributed by atoms with van der Waals surface area (Å²) in [5, 5.41) is 1.04. The van der Waals surface area contributed by atoms with Crippen LogP contribution in [0.2, 0.25) is 0 Å². The Balaban J connectivity index is 2.20. The zero-order chi connectivity index (χ0) is 19.2. The normalized spacial score (nSPS) is 21.1. The lowest BCUT2D eigenvalue weighted by Gasteiger charge is -2.15. The lowest BCUT2D eigenvalue weighted by atomic mass is 9.99. The molecular formula is C23H24N3O+. The van der Waals surface area contributed by atoms with Crippen LogP contribution in [0.25, 0.3) is 16.5 Å². The third kappa shape index (κ3) is 4.29. The van der Waals surface area contributed by atoms with E-state index in [4.69, 9.17) is 4.74 Å². The van der Waals surface area contributed by atoms with E-state index in [2.05, 4.69) is 54.4 Å². The van der Waals surface area contributed by atoms with E-state index in [1.807, 2.05) is 42.2 Å². The Morgan fingerprint density at radius 3 is 2.74 bits per heavy atom. The Kier molecular flexibility index (Phi) is 5.77. The number of aliphatic imine (C=N–C) groups is 1. The molecule has 1 aromatic carbocycles. The molecule has 0 unspecified atom stereocenters. The number of aryl methyl sites for hydroxylation is 1. The van der Waals surface area contributed by atoms with Crippen molar-refractivity contribution < 1.29 is 9.30 Å². The monoisotopic (exact) mass is 358 g/mol. The fourth-order valence-corrected chi connectivity index (χ4v) is 3.07. The molecule has 2 heterocycles. The van der Waals surface area contributed by atoms with Crippen LogP contribution in [-0.4, -0.2) is 11.2 Å². The number of nitrogens with zero attached hydrogens (tertiary/aromatic N) is 3. The summed E-state index contributed by atoms with van der Waals surface area (Å²) in [6.07, 6.45) is 13.7. The predicted molar refractivity (Wildman–Crippen MR) is 111 cm³/mol. The van der Waals surface area contributed by atoms with Gasteiger partial charge >= 0.3 is 0 Å². The second-order valence-corrected chi connectivity index (χ2v) is 6.38. The van der Waals surface area contributed by atoms with Gasteiger partial charge in [-0.1, -0.05) is 36.9 Å². The van der Waals surface area contributed by atoms with Crippen molar-refractivity contribution in [2.45, 2.75) is 19.8 Å². The number of ether oxygens (including phenoxy) is 1. The molecule has 0 saturated carbocycles. The summed E-state index contributed by atoms with van der Waals surface area (Å²) >= 11 is 0. The molecule has 2 aromatic rings. The van der Waals surface area contributed by atoms with Crippen molar-refractivity contribution in [2.75, 3.05) is 0 Å². The van der Waals surface area contributed by atoms with Crippen LogP contribution in [0, 0.1) is 0 Å². The predicted octanol–water partition coefficient (Wildman–Crippen LogP) is 4.81. The maximum Gasteiger partial charge on any atom is 0.287 e. The van der Waals surface area contributed by atoms with Crippen LogP contribution in [-0.2, 0) is 11.8 Å². The number of hydrogen-bond acceptors (Lipinski definition) is 3. The Labute approximate surface area is 160 Å². The number of rotatable bonds is 1. The van der Waals surface area contributed by atoms with Crippen molar-refractivity contribution in [3.63, 3.8) is 0 Å². The SMILES string of the molecule is C=C1N=C/C=C\CC/C=C\C(C)=C(\c2c3ccccc3nc[n+]2C)C(=C)O1. The smallest absolute Gasteiger partial charge is 0.287 e. The summed E-state index contributed by atoms with van der Waals surface area (Å²) in [4.78, 5) is 8.74. The summed E-state index contributed by atoms with van der Waals surface area (Å²) in [6.45, 7) is 10.1. The van der Waals surface area contributed by atoms with E-state index in [-0.39, 0.29) is 0 Å². The van der Waals surface area contributed by atoms with E-state index in [1.165, 1.54) is 0 Å². The Morgan fingerprint density at radius 1 is 1.11 bits per heavy atom. The van der Waals surface area contributed by atoms with Gasteiger partial charge in [0, 0.05) is 6.21 Å². The van der Waals surface area contributed by atoms with Crippen molar-refractivity contribution in [2.24, 2.45) is 12.0 Å². The first kappa shape index (κ1) is 18.5. The van der Waals surface area contributed by atoms with E-state index < -0.39 is 0 Å². The number of fused-ring (bicyclic) bond motifs is 1. The minimum absolute atomic E-state index is 0.305. The van der Waals surface area contributed by atoms with Crippen LogP contribution in [0.5, 0.6) is 0 Å². The second-order valence-electron chi connectivity index (χ2n) is 6.38. The van der Waals surface area contributed by atoms with E-state index >= 15 is 0 Å². The maximum atomic E-state index is 5.86. The van der Waals surface area contributed by atoms with E-state index in [0.717, 1.165) is 40.6 Å². The molecule has 1 aliphatic rings. The maximum absolute atomic E-state index is 5.86. The van der Waals surface area contributed by atoms with Crippen LogP contribution in [0.15, 0.2) is 90.3 Å². The molecule has 136 valence electrons. The van der Waals surface area contributed by atoms with Crippen LogP contribution < -0.4 is 4.57 Å². The summed E-state index contributed by atoms with van der Waals surface area (Å²) in [5.41, 5.74) is 3.90. The van der Waals surface area contributed by atoms with Crippen molar-refractivity contribution in [3.8, 4) is 0 Å². The van der Waals surface area contributed by atoms with Gasteiger partial charge in [0.15, 0.2) is 5.52 Å². The number of allylic oxidation sites excluding steroid dienone is 6. The fraction of sp³-hybridized carbons (Fsp3) is 0.174. The number of para-hydroxylation sites is 1. The van der Waals surface area contributed by atoms with Gasteiger partial charge in [-0.3, -0.25) is 0 Å². The Bertz CT molecular complexity index is 1010. The van der Waals surface area contributed by atoms with Crippen LogP contribution in [0.1, 0.15) is 25.5 Å². The summed E-state index contributed by atoms with van der Waals surface area (Å²) < 4.78 is 7.85. The molecule has 4 nitrogen and oxygen atoms in total. The second kappa shape index (κ2) is 8.41. The molecule has 27 heavy (non-hydrogen) atoms. The van der Waals surface area contributed by atoms with Gasteiger partial charge in [-0.2, -0.15) is 0 Å². The molecule has 4 heteroatoms. The minimum Gasteiger partial charge on any atom is -0.440 e. The average molecular weight is 358 g/mol. The summed E-state index contributed by atoms with van der Waals surface area (Å²) in [7, 11) is 1.98. The molecule has 0 aliphatic carbocycles. The zero-order valence-electron chi connectivity index (χ0n) is 15.9. The first-order valence-electron chi connectivity index (χ1n) is 8.94. The largest absolute Gasteiger partial charge is 0.440 e. The summed E-state index contributed by atoms with van der Waals surface area (Å²) in [6, 6.07) is 8.06. The molecule has 1 aliphatic heterocycles. The third-order valence-corrected chi connectivity index (χ3v) is 4.34. The van der Waals surface area contributed by atoms with Crippen molar-refractivity contribution in [3.05, 3.63) is 91.0 Å². The molecular weight excluding hydrogens is 334 g/mol. The highest BCUT2D eigenvalue weighted by atomic mass is 16.5. The Hall–Kier alpha value is -3.27. The molecule has 0 fully saturated rings. The van der Waals surface area contributed by atoms with Gasteiger partial charge < -0.3 is 4.74 Å². The van der Waals surface area contributed by atoms with E-state index in [0.29, 0.717) is 11.6 Å². The number of hydrogen-bond donors (Lipinski definition) is 0. The van der Waals surface area contributed by atoms with Crippen molar-refractivity contribution in [1.82, 2.24) is 4.98 Å².